The fourth-order valence-corrected chi connectivity index (χ4v) is 2.42. The highest BCUT2D eigenvalue weighted by molar-refractivity contribution is 9.10. The number of carbonyl (C=O) groups is 1. The number of benzene rings is 2. The van der Waals surface area contributed by atoms with E-state index in [-0.39, 0.29) is 12.2 Å². The predicted octanol–water partition coefficient (Wildman–Crippen LogP) is 4.22. The van der Waals surface area contributed by atoms with Crippen molar-refractivity contribution in [2.24, 2.45) is 0 Å². The second-order valence-electron chi connectivity index (χ2n) is 4.91. The number of aromatic carboxylic acids is 1. The van der Waals surface area contributed by atoms with Crippen LogP contribution in [0.3, 0.4) is 0 Å². The van der Waals surface area contributed by atoms with Crippen molar-refractivity contribution in [3.8, 4) is 11.5 Å². The van der Waals surface area contributed by atoms with Gasteiger partial charge in [-0.05, 0) is 43.7 Å². The number of hydrogen-bond donors (Lipinski definition) is 1. The van der Waals surface area contributed by atoms with Crippen molar-refractivity contribution >= 4 is 21.9 Å². The van der Waals surface area contributed by atoms with Gasteiger partial charge in [-0.3, -0.25) is 0 Å². The Morgan fingerprint density at radius 2 is 1.68 bits per heavy atom. The zero-order chi connectivity index (χ0) is 16.1. The van der Waals surface area contributed by atoms with Gasteiger partial charge in [-0.25, -0.2) is 4.79 Å². The molecule has 0 fully saturated rings. The number of hydrogen-bond acceptors (Lipinski definition) is 3. The van der Waals surface area contributed by atoms with E-state index in [9.17, 15) is 4.79 Å². The molecule has 0 spiro atoms. The number of aryl methyl sites for hydroxylation is 2. The van der Waals surface area contributed by atoms with Crippen LogP contribution in [0.2, 0.25) is 0 Å². The van der Waals surface area contributed by atoms with Crippen molar-refractivity contribution in [1.29, 1.82) is 0 Å². The molecule has 0 aliphatic rings. The van der Waals surface area contributed by atoms with Crippen molar-refractivity contribution < 1.29 is 19.4 Å². The van der Waals surface area contributed by atoms with E-state index in [1.54, 1.807) is 12.1 Å². The van der Waals surface area contributed by atoms with Gasteiger partial charge >= 0.3 is 5.97 Å². The van der Waals surface area contributed by atoms with Crippen LogP contribution in [0.1, 0.15) is 21.5 Å². The number of halogens is 1. The number of ether oxygens (including phenoxy) is 2. The van der Waals surface area contributed by atoms with Gasteiger partial charge in [0, 0.05) is 4.47 Å². The maximum Gasteiger partial charge on any atom is 0.339 e. The highest BCUT2D eigenvalue weighted by Crippen LogP contribution is 2.23. The lowest BCUT2D eigenvalue weighted by Gasteiger charge is -2.12. The molecule has 0 saturated carbocycles. The SMILES string of the molecule is Cc1ccc(OCCOc2ccc(Br)cc2C(=O)O)c(C)c1. The molecule has 0 radical (unpaired) electrons. The smallest absolute Gasteiger partial charge is 0.339 e. The molecule has 0 aromatic heterocycles. The summed E-state index contributed by atoms with van der Waals surface area (Å²) in [6, 6.07) is 10.8. The van der Waals surface area contributed by atoms with Gasteiger partial charge in [0.1, 0.15) is 30.3 Å². The topological polar surface area (TPSA) is 55.8 Å². The Labute approximate surface area is 137 Å². The van der Waals surface area contributed by atoms with E-state index >= 15 is 0 Å². The standard InChI is InChI=1S/C17H17BrO4/c1-11-3-5-15(12(2)9-11)21-7-8-22-16-6-4-13(18)10-14(16)17(19)20/h3-6,9-10H,7-8H2,1-2H3,(H,19,20). The van der Waals surface area contributed by atoms with Crippen LogP contribution < -0.4 is 9.47 Å². The molecule has 0 amide bonds. The Kier molecular flexibility index (Phi) is 5.44. The van der Waals surface area contributed by atoms with Crippen LogP contribution in [0.25, 0.3) is 0 Å². The van der Waals surface area contributed by atoms with Crippen molar-refractivity contribution in [2.75, 3.05) is 13.2 Å². The monoisotopic (exact) mass is 364 g/mol. The minimum absolute atomic E-state index is 0.126. The summed E-state index contributed by atoms with van der Waals surface area (Å²) in [5, 5.41) is 9.15. The number of carboxylic acid groups (broad SMARTS) is 1. The third-order valence-corrected chi connectivity index (χ3v) is 3.59. The Hall–Kier alpha value is -2.01. The lowest BCUT2D eigenvalue weighted by Crippen LogP contribution is -2.11. The maximum absolute atomic E-state index is 11.2. The fraction of sp³-hybridized carbons (Fsp3) is 0.235. The Morgan fingerprint density at radius 3 is 2.32 bits per heavy atom. The van der Waals surface area contributed by atoms with Gasteiger partial charge in [0.05, 0.1) is 0 Å². The van der Waals surface area contributed by atoms with Crippen LogP contribution in [0.4, 0.5) is 0 Å². The summed E-state index contributed by atoms with van der Waals surface area (Å²) < 4.78 is 11.9. The third-order valence-electron chi connectivity index (χ3n) is 3.10. The van der Waals surface area contributed by atoms with Gasteiger partial charge in [-0.15, -0.1) is 0 Å². The van der Waals surface area contributed by atoms with Gasteiger partial charge in [0.25, 0.3) is 0 Å². The van der Waals surface area contributed by atoms with E-state index in [1.165, 1.54) is 11.6 Å². The molecule has 0 bridgehead atoms. The molecule has 116 valence electrons. The third kappa shape index (κ3) is 4.24. The highest BCUT2D eigenvalue weighted by Gasteiger charge is 2.11. The fourth-order valence-electron chi connectivity index (χ4n) is 2.06. The average molecular weight is 365 g/mol. The molecule has 1 N–H and O–H groups in total. The minimum Gasteiger partial charge on any atom is -0.490 e. The van der Waals surface area contributed by atoms with E-state index in [4.69, 9.17) is 14.6 Å². The van der Waals surface area contributed by atoms with E-state index in [1.807, 2.05) is 32.0 Å². The zero-order valence-corrected chi connectivity index (χ0v) is 14.0. The number of carboxylic acids is 1. The molecule has 0 heterocycles. The molecular formula is C17H17BrO4. The summed E-state index contributed by atoms with van der Waals surface area (Å²) in [5.41, 5.74) is 2.37. The lowest BCUT2D eigenvalue weighted by molar-refractivity contribution is 0.0691. The van der Waals surface area contributed by atoms with Gasteiger partial charge in [-0.2, -0.15) is 0 Å². The van der Waals surface area contributed by atoms with Gasteiger partial charge in [0.15, 0.2) is 0 Å². The Morgan fingerprint density at radius 1 is 1.05 bits per heavy atom. The van der Waals surface area contributed by atoms with E-state index < -0.39 is 5.97 Å². The van der Waals surface area contributed by atoms with Crippen LogP contribution in [-0.2, 0) is 0 Å². The minimum atomic E-state index is -1.02. The first kappa shape index (κ1) is 16.4. The lowest BCUT2D eigenvalue weighted by atomic mass is 10.1. The van der Waals surface area contributed by atoms with Crippen molar-refractivity contribution in [3.05, 3.63) is 57.6 Å². The molecule has 0 saturated heterocycles. The first-order valence-corrected chi connectivity index (χ1v) is 7.62. The van der Waals surface area contributed by atoms with Crippen molar-refractivity contribution in [1.82, 2.24) is 0 Å². The Bertz CT molecular complexity index is 682. The number of rotatable bonds is 6. The molecule has 22 heavy (non-hydrogen) atoms. The molecule has 5 heteroatoms. The van der Waals surface area contributed by atoms with Crippen LogP contribution >= 0.6 is 15.9 Å². The van der Waals surface area contributed by atoms with E-state index in [2.05, 4.69) is 15.9 Å². The second-order valence-corrected chi connectivity index (χ2v) is 5.83. The summed E-state index contributed by atoms with van der Waals surface area (Å²) in [5.74, 6) is 0.120. The van der Waals surface area contributed by atoms with Crippen LogP contribution in [0.15, 0.2) is 40.9 Å². The Balaban J connectivity index is 1.93. The summed E-state index contributed by atoms with van der Waals surface area (Å²) >= 11 is 3.25. The molecule has 2 rings (SSSR count). The summed E-state index contributed by atoms with van der Waals surface area (Å²) in [6.45, 7) is 4.63. The maximum atomic E-state index is 11.2. The molecular weight excluding hydrogens is 348 g/mol. The molecule has 0 atom stereocenters. The van der Waals surface area contributed by atoms with Crippen molar-refractivity contribution in [2.45, 2.75) is 13.8 Å². The summed E-state index contributed by atoms with van der Waals surface area (Å²) in [4.78, 5) is 11.2. The molecule has 2 aromatic carbocycles. The molecule has 4 nitrogen and oxygen atoms in total. The van der Waals surface area contributed by atoms with Gasteiger partial charge < -0.3 is 14.6 Å². The molecule has 0 aliphatic heterocycles. The van der Waals surface area contributed by atoms with Crippen LogP contribution in [0.5, 0.6) is 11.5 Å². The second kappa shape index (κ2) is 7.31. The highest BCUT2D eigenvalue weighted by atomic mass is 79.9. The molecule has 0 aliphatic carbocycles. The first-order chi connectivity index (χ1) is 10.5. The van der Waals surface area contributed by atoms with E-state index in [0.29, 0.717) is 16.8 Å². The van der Waals surface area contributed by atoms with E-state index in [0.717, 1.165) is 11.3 Å². The van der Waals surface area contributed by atoms with Crippen LogP contribution in [0, 0.1) is 13.8 Å². The first-order valence-electron chi connectivity index (χ1n) is 6.83. The summed E-state index contributed by atoms with van der Waals surface area (Å²) in [7, 11) is 0. The van der Waals surface area contributed by atoms with Gasteiger partial charge in [0.2, 0.25) is 0 Å². The molecule has 0 unspecified atom stereocenters. The largest absolute Gasteiger partial charge is 0.490 e. The summed E-state index contributed by atoms with van der Waals surface area (Å²) in [6.07, 6.45) is 0. The van der Waals surface area contributed by atoms with Crippen molar-refractivity contribution in [3.63, 3.8) is 0 Å². The van der Waals surface area contributed by atoms with Crippen LogP contribution in [-0.4, -0.2) is 24.3 Å². The molecule has 2 aromatic rings. The predicted molar refractivity (Wildman–Crippen MR) is 88.0 cm³/mol. The zero-order valence-electron chi connectivity index (χ0n) is 12.4. The average Bonchev–Trinajstić information content (AvgIpc) is 2.46. The quantitative estimate of drug-likeness (QED) is 0.779. The normalized spacial score (nSPS) is 10.3. The van der Waals surface area contributed by atoms with Gasteiger partial charge in [-0.1, -0.05) is 33.6 Å².